The molecule has 1 saturated heterocycles. The van der Waals surface area contributed by atoms with Crippen LogP contribution in [0.15, 0.2) is 18.2 Å². The third-order valence-electron chi connectivity index (χ3n) is 3.19. The first-order valence-corrected chi connectivity index (χ1v) is 6.18. The lowest BCUT2D eigenvalue weighted by molar-refractivity contribution is -0.138. The minimum atomic E-state index is -4.38. The molecule has 1 aromatic carbocycles. The second-order valence-corrected chi connectivity index (χ2v) is 4.56. The van der Waals surface area contributed by atoms with Crippen LogP contribution in [0.3, 0.4) is 0 Å². The van der Waals surface area contributed by atoms with Gasteiger partial charge in [-0.05, 0) is 17.7 Å². The lowest BCUT2D eigenvalue weighted by Gasteiger charge is -2.27. The van der Waals surface area contributed by atoms with Crippen LogP contribution in [-0.2, 0) is 12.7 Å². The van der Waals surface area contributed by atoms with Gasteiger partial charge in [0.15, 0.2) is 0 Å². The minimum absolute atomic E-state index is 0.128. The number of hydrogen-bond donors (Lipinski definition) is 1. The van der Waals surface area contributed by atoms with Gasteiger partial charge in [0, 0.05) is 32.7 Å². The van der Waals surface area contributed by atoms with Crippen molar-refractivity contribution in [1.82, 2.24) is 10.2 Å². The van der Waals surface area contributed by atoms with Crippen molar-refractivity contribution in [1.29, 1.82) is 0 Å². The Labute approximate surface area is 110 Å². The largest absolute Gasteiger partial charge is 0.496 e. The number of alkyl halides is 3. The number of rotatable bonds is 3. The summed E-state index contributed by atoms with van der Waals surface area (Å²) in [5.74, 6) is -0.128. The molecule has 1 aliphatic rings. The number of hydrogen-bond acceptors (Lipinski definition) is 3. The molecule has 0 aliphatic carbocycles. The molecule has 1 heterocycles. The van der Waals surface area contributed by atoms with E-state index in [1.807, 2.05) is 0 Å². The lowest BCUT2D eigenvalue weighted by atomic mass is 10.1. The highest BCUT2D eigenvalue weighted by Gasteiger charge is 2.34. The molecule has 3 nitrogen and oxygen atoms in total. The van der Waals surface area contributed by atoms with Crippen molar-refractivity contribution in [3.8, 4) is 5.75 Å². The van der Waals surface area contributed by atoms with E-state index >= 15 is 0 Å². The zero-order valence-corrected chi connectivity index (χ0v) is 10.8. The van der Waals surface area contributed by atoms with Crippen molar-refractivity contribution in [3.63, 3.8) is 0 Å². The molecule has 19 heavy (non-hydrogen) atoms. The van der Waals surface area contributed by atoms with Crippen molar-refractivity contribution in [2.45, 2.75) is 12.7 Å². The van der Waals surface area contributed by atoms with Crippen LogP contribution in [0.2, 0.25) is 0 Å². The summed E-state index contributed by atoms with van der Waals surface area (Å²) in [5, 5.41) is 3.21. The molecule has 0 spiro atoms. The van der Waals surface area contributed by atoms with E-state index in [1.54, 1.807) is 6.07 Å². The van der Waals surface area contributed by atoms with Gasteiger partial charge in [-0.2, -0.15) is 13.2 Å². The predicted octanol–water partition coefficient (Wildman–Crippen LogP) is 2.12. The minimum Gasteiger partial charge on any atom is -0.496 e. The first-order chi connectivity index (χ1) is 9.00. The normalized spacial score (nSPS) is 17.5. The second-order valence-electron chi connectivity index (χ2n) is 4.56. The highest BCUT2D eigenvalue weighted by molar-refractivity contribution is 5.39. The number of halogens is 3. The van der Waals surface area contributed by atoms with Crippen LogP contribution >= 0.6 is 0 Å². The number of methoxy groups -OCH3 is 1. The number of nitrogens with zero attached hydrogens (tertiary/aromatic N) is 1. The van der Waals surface area contributed by atoms with Crippen LogP contribution < -0.4 is 10.1 Å². The van der Waals surface area contributed by atoms with E-state index in [0.29, 0.717) is 12.1 Å². The van der Waals surface area contributed by atoms with Gasteiger partial charge in [0.1, 0.15) is 5.75 Å². The first kappa shape index (κ1) is 14.1. The van der Waals surface area contributed by atoms with E-state index in [1.165, 1.54) is 19.2 Å². The fourth-order valence-corrected chi connectivity index (χ4v) is 2.20. The van der Waals surface area contributed by atoms with E-state index in [-0.39, 0.29) is 5.75 Å². The van der Waals surface area contributed by atoms with Crippen molar-refractivity contribution in [3.05, 3.63) is 29.3 Å². The highest BCUT2D eigenvalue weighted by Crippen LogP contribution is 2.36. The topological polar surface area (TPSA) is 24.5 Å². The number of piperazine rings is 1. The average Bonchev–Trinajstić information content (AvgIpc) is 2.39. The van der Waals surface area contributed by atoms with Crippen LogP contribution in [0.25, 0.3) is 0 Å². The van der Waals surface area contributed by atoms with Crippen LogP contribution in [0, 0.1) is 0 Å². The SMILES string of the molecule is COc1ccc(CN2CCNCC2)cc1C(F)(F)F. The molecule has 1 aromatic rings. The van der Waals surface area contributed by atoms with Crippen molar-refractivity contribution in [2.24, 2.45) is 0 Å². The molecule has 0 atom stereocenters. The molecule has 106 valence electrons. The smallest absolute Gasteiger partial charge is 0.419 e. The lowest BCUT2D eigenvalue weighted by Crippen LogP contribution is -2.42. The second kappa shape index (κ2) is 5.79. The molecule has 2 rings (SSSR count). The standard InChI is InChI=1S/C13H17F3N2O/c1-19-12-3-2-10(8-11(12)13(14,15)16)9-18-6-4-17-5-7-18/h2-3,8,17H,4-7,9H2,1H3. The van der Waals surface area contributed by atoms with Gasteiger partial charge in [0.05, 0.1) is 12.7 Å². The Kier molecular flexibility index (Phi) is 4.31. The maximum absolute atomic E-state index is 12.9. The third kappa shape index (κ3) is 3.61. The molecule has 0 radical (unpaired) electrons. The Morgan fingerprint density at radius 3 is 2.53 bits per heavy atom. The van der Waals surface area contributed by atoms with Crippen molar-refractivity contribution >= 4 is 0 Å². The molecule has 0 bridgehead atoms. The number of ether oxygens (including phenoxy) is 1. The highest BCUT2D eigenvalue weighted by atomic mass is 19.4. The van der Waals surface area contributed by atoms with E-state index in [9.17, 15) is 13.2 Å². The summed E-state index contributed by atoms with van der Waals surface area (Å²) in [7, 11) is 1.25. The molecule has 1 N–H and O–H groups in total. The van der Waals surface area contributed by atoms with Gasteiger partial charge in [-0.3, -0.25) is 4.90 Å². The zero-order chi connectivity index (χ0) is 13.9. The van der Waals surface area contributed by atoms with E-state index < -0.39 is 11.7 Å². The maximum Gasteiger partial charge on any atom is 0.419 e. The molecule has 6 heteroatoms. The summed E-state index contributed by atoms with van der Waals surface area (Å²) < 4.78 is 43.4. The Bertz CT molecular complexity index is 428. The molecular formula is C13H17F3N2O. The van der Waals surface area contributed by atoms with Gasteiger partial charge < -0.3 is 10.1 Å². The summed E-state index contributed by atoms with van der Waals surface area (Å²) in [4.78, 5) is 2.14. The van der Waals surface area contributed by atoms with Crippen molar-refractivity contribution in [2.75, 3.05) is 33.3 Å². The Morgan fingerprint density at radius 1 is 1.26 bits per heavy atom. The molecular weight excluding hydrogens is 257 g/mol. The third-order valence-corrected chi connectivity index (χ3v) is 3.19. The average molecular weight is 274 g/mol. The maximum atomic E-state index is 12.9. The predicted molar refractivity (Wildman–Crippen MR) is 66.1 cm³/mol. The molecule has 0 unspecified atom stereocenters. The first-order valence-electron chi connectivity index (χ1n) is 6.18. The van der Waals surface area contributed by atoms with Crippen LogP contribution in [-0.4, -0.2) is 38.2 Å². The van der Waals surface area contributed by atoms with E-state index in [4.69, 9.17) is 4.74 Å². The fourth-order valence-electron chi connectivity index (χ4n) is 2.20. The number of benzene rings is 1. The summed E-state index contributed by atoms with van der Waals surface area (Å²) in [6, 6.07) is 4.26. The van der Waals surface area contributed by atoms with E-state index in [0.717, 1.165) is 26.2 Å². The van der Waals surface area contributed by atoms with Gasteiger partial charge in [-0.15, -0.1) is 0 Å². The molecule has 0 amide bonds. The molecule has 1 fully saturated rings. The monoisotopic (exact) mass is 274 g/mol. The quantitative estimate of drug-likeness (QED) is 0.913. The van der Waals surface area contributed by atoms with Crippen molar-refractivity contribution < 1.29 is 17.9 Å². The van der Waals surface area contributed by atoms with Gasteiger partial charge in [-0.25, -0.2) is 0 Å². The molecule has 0 saturated carbocycles. The van der Waals surface area contributed by atoms with Gasteiger partial charge in [0.2, 0.25) is 0 Å². The summed E-state index contributed by atoms with van der Waals surface area (Å²) in [6.45, 7) is 4.00. The Morgan fingerprint density at radius 2 is 1.95 bits per heavy atom. The van der Waals surface area contributed by atoms with Gasteiger partial charge in [-0.1, -0.05) is 6.07 Å². The van der Waals surface area contributed by atoms with Crippen LogP contribution in [0.5, 0.6) is 5.75 Å². The van der Waals surface area contributed by atoms with Gasteiger partial charge >= 0.3 is 6.18 Å². The fraction of sp³-hybridized carbons (Fsp3) is 0.538. The summed E-state index contributed by atoms with van der Waals surface area (Å²) >= 11 is 0. The molecule has 0 aromatic heterocycles. The zero-order valence-electron chi connectivity index (χ0n) is 10.8. The Balaban J connectivity index is 2.17. The summed E-state index contributed by atoms with van der Waals surface area (Å²) in [5.41, 5.74) is -0.0438. The van der Waals surface area contributed by atoms with Crippen LogP contribution in [0.1, 0.15) is 11.1 Å². The Hall–Kier alpha value is -1.27. The van der Waals surface area contributed by atoms with E-state index in [2.05, 4.69) is 10.2 Å². The van der Waals surface area contributed by atoms with Gasteiger partial charge in [0.25, 0.3) is 0 Å². The number of nitrogens with one attached hydrogen (secondary N) is 1. The molecule has 1 aliphatic heterocycles. The summed E-state index contributed by atoms with van der Waals surface area (Å²) in [6.07, 6.45) is -4.38. The van der Waals surface area contributed by atoms with Crippen LogP contribution in [0.4, 0.5) is 13.2 Å².